The summed E-state index contributed by atoms with van der Waals surface area (Å²) in [4.78, 5) is 16.4. The number of aliphatic hydroxyl groups excluding tert-OH is 1. The van der Waals surface area contributed by atoms with E-state index in [0.717, 1.165) is 49.5 Å². The number of thioether (sulfide) groups is 1. The molecule has 4 aliphatic carbocycles. The van der Waals surface area contributed by atoms with Crippen LogP contribution in [0, 0.1) is 45.8 Å². The summed E-state index contributed by atoms with van der Waals surface area (Å²) in [6.45, 7) is 5.05. The smallest absolute Gasteiger partial charge is 0.258 e. The molecule has 7 rings (SSSR count). The van der Waals surface area contributed by atoms with Crippen LogP contribution < -0.4 is 0 Å². The monoisotopic (exact) mass is 542 g/mol. The molecular formula is C32H38N4O2S. The van der Waals surface area contributed by atoms with E-state index in [1.54, 1.807) is 0 Å². The van der Waals surface area contributed by atoms with E-state index in [1.807, 2.05) is 29.3 Å². The van der Waals surface area contributed by atoms with Gasteiger partial charge in [-0.2, -0.15) is 15.4 Å². The number of amidine groups is 1. The van der Waals surface area contributed by atoms with Crippen LogP contribution in [0.2, 0.25) is 0 Å². The number of hydrogen-bond donors (Lipinski definition) is 1. The lowest BCUT2D eigenvalue weighted by molar-refractivity contribution is -0.115. The number of fused-ring (bicyclic) bond motifs is 5. The molecule has 0 radical (unpaired) electrons. The van der Waals surface area contributed by atoms with Crippen molar-refractivity contribution >= 4 is 28.5 Å². The van der Waals surface area contributed by atoms with E-state index in [-0.39, 0.29) is 28.9 Å². The molecule has 0 saturated heterocycles. The van der Waals surface area contributed by atoms with Gasteiger partial charge >= 0.3 is 0 Å². The van der Waals surface area contributed by atoms with Crippen molar-refractivity contribution in [1.29, 1.82) is 5.26 Å². The summed E-state index contributed by atoms with van der Waals surface area (Å²) in [6.07, 6.45) is 12.3. The van der Waals surface area contributed by atoms with Gasteiger partial charge in [-0.3, -0.25) is 4.79 Å². The predicted octanol–water partition coefficient (Wildman–Crippen LogP) is 6.23. The summed E-state index contributed by atoms with van der Waals surface area (Å²) in [6, 6.07) is 10.1. The Morgan fingerprint density at radius 3 is 2.64 bits per heavy atom. The third-order valence-corrected chi connectivity index (χ3v) is 12.5. The highest BCUT2D eigenvalue weighted by molar-refractivity contribution is 8.14. The molecule has 0 spiro atoms. The first-order valence-electron chi connectivity index (χ1n) is 14.8. The van der Waals surface area contributed by atoms with Gasteiger partial charge in [0.05, 0.1) is 29.5 Å². The number of nitrogens with zero attached hydrogens (tertiary/aromatic N) is 4. The maximum absolute atomic E-state index is 12.1. The molecule has 3 fully saturated rings. The summed E-state index contributed by atoms with van der Waals surface area (Å²) >= 11 is 1.49. The van der Waals surface area contributed by atoms with Crippen molar-refractivity contribution in [2.45, 2.75) is 83.8 Å². The van der Waals surface area contributed by atoms with Crippen molar-refractivity contribution in [3.05, 3.63) is 47.0 Å². The van der Waals surface area contributed by atoms with Gasteiger partial charge in [-0.25, -0.2) is 5.01 Å². The molecule has 0 bridgehead atoms. The fourth-order valence-corrected chi connectivity index (χ4v) is 10.3. The van der Waals surface area contributed by atoms with Crippen molar-refractivity contribution in [2.75, 3.05) is 5.75 Å². The van der Waals surface area contributed by atoms with E-state index < -0.39 is 0 Å². The molecule has 1 aromatic rings. The van der Waals surface area contributed by atoms with Crippen LogP contribution in [0.1, 0.15) is 88.8 Å². The van der Waals surface area contributed by atoms with E-state index in [9.17, 15) is 15.2 Å². The highest BCUT2D eigenvalue weighted by Crippen LogP contribution is 2.66. The minimum atomic E-state index is -0.157. The zero-order valence-electron chi connectivity index (χ0n) is 23.0. The molecule has 6 aliphatic rings. The van der Waals surface area contributed by atoms with E-state index in [2.05, 4.69) is 31.0 Å². The Hall–Kier alpha value is -2.43. The Labute approximate surface area is 235 Å². The Bertz CT molecular complexity index is 1330. The van der Waals surface area contributed by atoms with Gasteiger partial charge in [-0.1, -0.05) is 49.4 Å². The summed E-state index contributed by atoms with van der Waals surface area (Å²) in [7, 11) is 0. The number of carbonyl (C=O) groups is 1. The second-order valence-electron chi connectivity index (χ2n) is 13.3. The SMILES string of the molecule is C[C@]12CC[C@H]3[C@@H](CC=C4C[C@@H](O)CC[C@@]43C)[C@@H]1CC[C@@H]2C1=NN(C2=NC(=O)CS2)C(c2ccc(C#N)cc2)C1. The molecule has 1 aromatic carbocycles. The van der Waals surface area contributed by atoms with Crippen molar-refractivity contribution in [3.63, 3.8) is 0 Å². The van der Waals surface area contributed by atoms with Crippen LogP contribution in [0.4, 0.5) is 0 Å². The average Bonchev–Trinajstić information content (AvgIpc) is 3.65. The number of amides is 1. The number of aliphatic hydroxyl groups is 1. The quantitative estimate of drug-likeness (QED) is 0.448. The Balaban J connectivity index is 1.18. The molecule has 2 aliphatic heterocycles. The summed E-state index contributed by atoms with van der Waals surface area (Å²) in [5.74, 6) is 2.89. The molecule has 7 heteroatoms. The largest absolute Gasteiger partial charge is 0.393 e. The maximum atomic E-state index is 12.1. The van der Waals surface area contributed by atoms with Crippen LogP contribution in [-0.2, 0) is 4.79 Å². The summed E-state index contributed by atoms with van der Waals surface area (Å²) in [5, 5.41) is 27.6. The van der Waals surface area contributed by atoms with Crippen LogP contribution in [0.3, 0.4) is 0 Å². The zero-order valence-corrected chi connectivity index (χ0v) is 23.8. The van der Waals surface area contributed by atoms with Crippen molar-refractivity contribution in [1.82, 2.24) is 5.01 Å². The average molecular weight is 543 g/mol. The van der Waals surface area contributed by atoms with Gasteiger partial charge in [0.25, 0.3) is 5.91 Å². The van der Waals surface area contributed by atoms with Gasteiger partial charge in [0.15, 0.2) is 5.17 Å². The molecule has 39 heavy (non-hydrogen) atoms. The van der Waals surface area contributed by atoms with E-state index >= 15 is 0 Å². The van der Waals surface area contributed by atoms with Gasteiger partial charge in [0, 0.05) is 18.1 Å². The van der Waals surface area contributed by atoms with Gasteiger partial charge in [0.2, 0.25) is 0 Å². The lowest BCUT2D eigenvalue weighted by atomic mass is 9.47. The lowest BCUT2D eigenvalue weighted by Crippen LogP contribution is -2.51. The second kappa shape index (κ2) is 9.31. The van der Waals surface area contributed by atoms with Crippen LogP contribution in [-0.4, -0.2) is 38.8 Å². The van der Waals surface area contributed by atoms with E-state index in [1.165, 1.54) is 48.7 Å². The molecule has 1 unspecified atom stereocenters. The maximum Gasteiger partial charge on any atom is 0.258 e. The van der Waals surface area contributed by atoms with E-state index in [4.69, 9.17) is 5.10 Å². The summed E-state index contributed by atoms with van der Waals surface area (Å²) < 4.78 is 0. The molecule has 0 aromatic heterocycles. The predicted molar refractivity (Wildman–Crippen MR) is 154 cm³/mol. The van der Waals surface area contributed by atoms with Crippen molar-refractivity contribution in [3.8, 4) is 6.07 Å². The fourth-order valence-electron chi connectivity index (χ4n) is 9.56. The molecule has 3 saturated carbocycles. The minimum absolute atomic E-state index is 0.0108. The Kier molecular flexibility index (Phi) is 6.10. The van der Waals surface area contributed by atoms with Crippen LogP contribution in [0.15, 0.2) is 46.0 Å². The minimum Gasteiger partial charge on any atom is -0.393 e. The third-order valence-electron chi connectivity index (χ3n) is 11.6. The van der Waals surface area contributed by atoms with Crippen molar-refractivity contribution in [2.24, 2.45) is 44.6 Å². The van der Waals surface area contributed by atoms with Gasteiger partial charge in [-0.05, 0) is 97.6 Å². The molecule has 2 heterocycles. The molecule has 6 nitrogen and oxygen atoms in total. The molecule has 1 amide bonds. The first-order chi connectivity index (χ1) is 18.8. The number of nitriles is 1. The van der Waals surface area contributed by atoms with Gasteiger partial charge in [-0.15, -0.1) is 0 Å². The zero-order chi connectivity index (χ0) is 26.9. The van der Waals surface area contributed by atoms with Crippen LogP contribution in [0.25, 0.3) is 0 Å². The molecule has 1 N–H and O–H groups in total. The normalized spacial score (nSPS) is 41.2. The topological polar surface area (TPSA) is 89.1 Å². The van der Waals surface area contributed by atoms with Crippen LogP contribution in [0.5, 0.6) is 0 Å². The molecular weight excluding hydrogens is 504 g/mol. The first-order valence-corrected chi connectivity index (χ1v) is 15.8. The number of allylic oxidation sites excluding steroid dienone is 1. The van der Waals surface area contributed by atoms with Gasteiger partial charge in [0.1, 0.15) is 0 Å². The van der Waals surface area contributed by atoms with Crippen molar-refractivity contribution < 1.29 is 9.90 Å². The summed E-state index contributed by atoms with van der Waals surface area (Å²) in [5.41, 5.74) is 5.08. The van der Waals surface area contributed by atoms with E-state index in [0.29, 0.717) is 28.3 Å². The molecule has 204 valence electrons. The number of carbonyl (C=O) groups excluding carboxylic acids is 1. The third kappa shape index (κ3) is 3.96. The number of hydrogen-bond acceptors (Lipinski definition) is 6. The second-order valence-corrected chi connectivity index (χ2v) is 14.2. The number of rotatable bonds is 2. The Morgan fingerprint density at radius 1 is 1.08 bits per heavy atom. The Morgan fingerprint density at radius 2 is 1.90 bits per heavy atom. The highest BCUT2D eigenvalue weighted by atomic mass is 32.2. The first kappa shape index (κ1) is 25.5. The number of hydrazone groups is 1. The van der Waals surface area contributed by atoms with Crippen LogP contribution >= 0.6 is 11.8 Å². The lowest BCUT2D eigenvalue weighted by Gasteiger charge is -2.58. The number of aliphatic imine (C=N–C) groups is 1. The highest BCUT2D eigenvalue weighted by Gasteiger charge is 2.60. The fraction of sp³-hybridized carbons (Fsp3) is 0.625. The number of benzene rings is 1. The van der Waals surface area contributed by atoms with Gasteiger partial charge < -0.3 is 5.11 Å². The standard InChI is InChI=1S/C32H38N4O2S/c1-31-13-11-22(37)15-21(31)7-8-23-24-9-10-26(32(24,2)14-12-25(23)31)27-16-28(20-5-3-19(17-33)4-6-20)36(35-27)30-34-29(38)18-39-30/h3-7,22-26,28,37H,8-16,18H2,1-2H3/t22-,23-,24-,25-,26+,28?,31-,32-/m0/s1. The molecule has 8 atom stereocenters.